The molecule has 0 saturated heterocycles. The second kappa shape index (κ2) is 7.42. The van der Waals surface area contributed by atoms with E-state index in [0.717, 1.165) is 5.56 Å². The van der Waals surface area contributed by atoms with Crippen molar-refractivity contribution in [3.05, 3.63) is 60.3 Å². The molecule has 0 bridgehead atoms. The summed E-state index contributed by atoms with van der Waals surface area (Å²) in [6.07, 6.45) is 0.417. The van der Waals surface area contributed by atoms with Gasteiger partial charge in [-0.2, -0.15) is 0 Å². The van der Waals surface area contributed by atoms with E-state index in [4.69, 9.17) is 14.0 Å². The Kier molecular flexibility index (Phi) is 4.83. The Hall–Kier alpha value is -2.84. The third-order valence-electron chi connectivity index (χ3n) is 4.11. The number of hydrogen-bond acceptors (Lipinski definition) is 6. The summed E-state index contributed by atoms with van der Waals surface area (Å²) in [4.78, 5) is 0.136. The number of nitrogens with one attached hydrogen (secondary N) is 1. The van der Waals surface area contributed by atoms with E-state index >= 15 is 0 Å². The van der Waals surface area contributed by atoms with E-state index in [2.05, 4.69) is 9.88 Å². The highest BCUT2D eigenvalue weighted by molar-refractivity contribution is 7.89. The number of ether oxygens (including phenoxy) is 2. The van der Waals surface area contributed by atoms with Crippen LogP contribution in [0.25, 0.3) is 11.3 Å². The molecule has 4 rings (SSSR count). The molecule has 1 aromatic heterocycles. The van der Waals surface area contributed by atoms with Gasteiger partial charge in [0.15, 0.2) is 17.3 Å². The van der Waals surface area contributed by atoms with Crippen molar-refractivity contribution in [2.45, 2.75) is 11.3 Å². The smallest absolute Gasteiger partial charge is 0.240 e. The lowest BCUT2D eigenvalue weighted by Gasteiger charge is -2.18. The van der Waals surface area contributed by atoms with Gasteiger partial charge in [0.2, 0.25) is 10.0 Å². The van der Waals surface area contributed by atoms with E-state index in [-0.39, 0.29) is 11.4 Å². The highest BCUT2D eigenvalue weighted by atomic mass is 32.2. The summed E-state index contributed by atoms with van der Waals surface area (Å²) >= 11 is 0. The normalized spacial score (nSPS) is 13.5. The summed E-state index contributed by atoms with van der Waals surface area (Å²) in [5.41, 5.74) is 1.60. The zero-order chi connectivity index (χ0) is 18.7. The quantitative estimate of drug-likeness (QED) is 0.700. The Morgan fingerprint density at radius 2 is 1.74 bits per heavy atom. The van der Waals surface area contributed by atoms with Crippen molar-refractivity contribution in [1.29, 1.82) is 0 Å². The first-order chi connectivity index (χ1) is 13.1. The van der Waals surface area contributed by atoms with Gasteiger partial charge in [-0.15, -0.1) is 0 Å². The predicted molar refractivity (Wildman–Crippen MR) is 98.3 cm³/mol. The van der Waals surface area contributed by atoms with E-state index in [1.54, 1.807) is 6.07 Å². The Morgan fingerprint density at radius 3 is 2.56 bits per heavy atom. The molecule has 140 valence electrons. The third-order valence-corrected chi connectivity index (χ3v) is 5.57. The number of rotatable bonds is 6. The predicted octanol–water partition coefficient (Wildman–Crippen LogP) is 2.63. The minimum absolute atomic E-state index is 0.136. The molecular formula is C19H18N2O5S. The molecule has 0 fully saturated rings. The fourth-order valence-electron chi connectivity index (χ4n) is 2.76. The first-order valence-corrected chi connectivity index (χ1v) is 10.0. The lowest BCUT2D eigenvalue weighted by molar-refractivity contribution is 0.171. The molecule has 2 heterocycles. The molecule has 0 spiro atoms. The molecule has 1 aliphatic heterocycles. The number of nitrogens with zero attached hydrogens (tertiary/aromatic N) is 1. The van der Waals surface area contributed by atoms with E-state index in [1.807, 2.05) is 36.4 Å². The summed E-state index contributed by atoms with van der Waals surface area (Å²) in [6, 6.07) is 16.0. The average molecular weight is 386 g/mol. The maximum Gasteiger partial charge on any atom is 0.240 e. The molecule has 1 N–H and O–H groups in total. The van der Waals surface area contributed by atoms with Gasteiger partial charge in [0, 0.05) is 30.7 Å². The first-order valence-electron chi connectivity index (χ1n) is 8.52. The van der Waals surface area contributed by atoms with Gasteiger partial charge in [0.05, 0.1) is 10.6 Å². The molecule has 1 aliphatic rings. The van der Waals surface area contributed by atoms with Gasteiger partial charge in [0.25, 0.3) is 0 Å². The van der Waals surface area contributed by atoms with Crippen LogP contribution in [0, 0.1) is 0 Å². The number of fused-ring (bicyclic) bond motifs is 1. The van der Waals surface area contributed by atoms with E-state index in [1.165, 1.54) is 12.1 Å². The third kappa shape index (κ3) is 3.96. The fourth-order valence-corrected chi connectivity index (χ4v) is 3.80. The van der Waals surface area contributed by atoms with Crippen LogP contribution >= 0.6 is 0 Å². The molecule has 0 amide bonds. The molecule has 0 aliphatic carbocycles. The van der Waals surface area contributed by atoms with Gasteiger partial charge >= 0.3 is 0 Å². The van der Waals surface area contributed by atoms with Crippen LogP contribution < -0.4 is 14.2 Å². The molecule has 2 aromatic carbocycles. The second-order valence-corrected chi connectivity index (χ2v) is 7.77. The zero-order valence-electron chi connectivity index (χ0n) is 14.4. The molecule has 7 nitrogen and oxygen atoms in total. The van der Waals surface area contributed by atoms with Gasteiger partial charge in [-0.05, 0) is 12.1 Å². The summed E-state index contributed by atoms with van der Waals surface area (Å²) in [7, 11) is -3.65. The SMILES string of the molecule is O=S(=O)(NCCc1cc(-c2ccccc2)on1)c1ccc2c(c1)OCCO2. The Morgan fingerprint density at radius 1 is 0.963 bits per heavy atom. The summed E-state index contributed by atoms with van der Waals surface area (Å²) < 4.78 is 43.7. The monoisotopic (exact) mass is 386 g/mol. The maximum atomic E-state index is 12.5. The Balaban J connectivity index is 1.39. The second-order valence-electron chi connectivity index (χ2n) is 6.00. The molecule has 0 saturated carbocycles. The van der Waals surface area contributed by atoms with Crippen LogP contribution in [0.4, 0.5) is 0 Å². The largest absolute Gasteiger partial charge is 0.486 e. The molecule has 8 heteroatoms. The van der Waals surface area contributed by atoms with Crippen LogP contribution in [0.15, 0.2) is 64.0 Å². The topological polar surface area (TPSA) is 90.7 Å². The fraction of sp³-hybridized carbons (Fsp3) is 0.211. The lowest BCUT2D eigenvalue weighted by atomic mass is 10.1. The molecular weight excluding hydrogens is 368 g/mol. The minimum atomic E-state index is -3.65. The number of hydrogen-bond donors (Lipinski definition) is 1. The average Bonchev–Trinajstić information content (AvgIpc) is 3.17. The molecule has 0 radical (unpaired) electrons. The van der Waals surface area contributed by atoms with Gasteiger partial charge in [0.1, 0.15) is 13.2 Å². The highest BCUT2D eigenvalue weighted by Crippen LogP contribution is 2.32. The summed E-state index contributed by atoms with van der Waals surface area (Å²) in [6.45, 7) is 1.07. The van der Waals surface area contributed by atoms with Crippen molar-refractivity contribution in [3.63, 3.8) is 0 Å². The lowest BCUT2D eigenvalue weighted by Crippen LogP contribution is -2.26. The van der Waals surface area contributed by atoms with Gasteiger partial charge in [-0.3, -0.25) is 0 Å². The van der Waals surface area contributed by atoms with Gasteiger partial charge < -0.3 is 14.0 Å². The van der Waals surface area contributed by atoms with Crippen LogP contribution in [0.2, 0.25) is 0 Å². The van der Waals surface area contributed by atoms with Crippen molar-refractivity contribution in [3.8, 4) is 22.8 Å². The van der Waals surface area contributed by atoms with Gasteiger partial charge in [-0.1, -0.05) is 35.5 Å². The molecule has 0 unspecified atom stereocenters. The van der Waals surface area contributed by atoms with Crippen LogP contribution in [0.3, 0.4) is 0 Å². The van der Waals surface area contributed by atoms with Crippen LogP contribution in [0.5, 0.6) is 11.5 Å². The summed E-state index contributed by atoms with van der Waals surface area (Å²) in [5.74, 6) is 1.64. The van der Waals surface area contributed by atoms with Crippen molar-refractivity contribution >= 4 is 10.0 Å². The molecule has 27 heavy (non-hydrogen) atoms. The molecule has 3 aromatic rings. The van der Waals surface area contributed by atoms with Crippen molar-refractivity contribution in [2.24, 2.45) is 0 Å². The number of benzene rings is 2. The van der Waals surface area contributed by atoms with Crippen molar-refractivity contribution in [2.75, 3.05) is 19.8 Å². The standard InChI is InChI=1S/C19H18N2O5S/c22-27(23,16-6-7-17-19(13-16)25-11-10-24-17)20-9-8-15-12-18(26-21-15)14-4-2-1-3-5-14/h1-7,12-13,20H,8-11H2. The van der Waals surface area contributed by atoms with E-state index in [9.17, 15) is 8.42 Å². The van der Waals surface area contributed by atoms with Crippen molar-refractivity contribution < 1.29 is 22.4 Å². The summed E-state index contributed by atoms with van der Waals surface area (Å²) in [5, 5.41) is 4.00. The van der Waals surface area contributed by atoms with Crippen molar-refractivity contribution in [1.82, 2.24) is 9.88 Å². The first kappa shape index (κ1) is 17.6. The number of aromatic nitrogens is 1. The van der Waals surface area contributed by atoms with Crippen LogP contribution in [-0.2, 0) is 16.4 Å². The van der Waals surface area contributed by atoms with Gasteiger partial charge in [-0.25, -0.2) is 13.1 Å². The van der Waals surface area contributed by atoms with E-state index < -0.39 is 10.0 Å². The van der Waals surface area contributed by atoms with Crippen LogP contribution in [-0.4, -0.2) is 33.3 Å². The Bertz CT molecular complexity index is 1030. The van der Waals surface area contributed by atoms with Crippen LogP contribution in [0.1, 0.15) is 5.69 Å². The number of sulfonamides is 1. The minimum Gasteiger partial charge on any atom is -0.486 e. The molecule has 0 atom stereocenters. The van der Waals surface area contributed by atoms with E-state index in [0.29, 0.717) is 42.6 Å². The highest BCUT2D eigenvalue weighted by Gasteiger charge is 2.19. The zero-order valence-corrected chi connectivity index (χ0v) is 15.2. The maximum absolute atomic E-state index is 12.5. The Labute approximate surface area is 157 Å².